The quantitative estimate of drug-likeness (QED) is 0.904. The van der Waals surface area contributed by atoms with E-state index in [2.05, 4.69) is 10.3 Å². The van der Waals surface area contributed by atoms with Gasteiger partial charge in [-0.3, -0.25) is 9.78 Å². The van der Waals surface area contributed by atoms with Crippen LogP contribution in [0.5, 0.6) is 0 Å². The molecule has 1 aromatic carbocycles. The molecule has 0 saturated carbocycles. The second kappa shape index (κ2) is 6.17. The van der Waals surface area contributed by atoms with Crippen molar-refractivity contribution in [3.8, 4) is 0 Å². The van der Waals surface area contributed by atoms with Crippen molar-refractivity contribution in [3.05, 3.63) is 65.0 Å². The van der Waals surface area contributed by atoms with Gasteiger partial charge in [0, 0.05) is 6.20 Å². The summed E-state index contributed by atoms with van der Waals surface area (Å²) in [6.45, 7) is 3.81. The number of aromatic carboxylic acids is 1. The number of carbonyl (C=O) groups excluding carboxylic acids is 1. The molecule has 0 radical (unpaired) electrons. The van der Waals surface area contributed by atoms with Gasteiger partial charge < -0.3 is 10.4 Å². The molecule has 2 rings (SSSR count). The summed E-state index contributed by atoms with van der Waals surface area (Å²) in [6.07, 6.45) is 1.40. The molecule has 1 amide bonds. The SMILES string of the molecule is Cc1cccc([C@H](C)NC(=O)c2ncccc2C(=O)O)c1. The van der Waals surface area contributed by atoms with Gasteiger partial charge >= 0.3 is 5.97 Å². The van der Waals surface area contributed by atoms with Crippen molar-refractivity contribution in [1.82, 2.24) is 10.3 Å². The summed E-state index contributed by atoms with van der Waals surface area (Å²) in [7, 11) is 0. The first-order chi connectivity index (χ1) is 9.99. The van der Waals surface area contributed by atoms with E-state index in [1.54, 1.807) is 0 Å². The molecule has 108 valence electrons. The minimum Gasteiger partial charge on any atom is -0.478 e. The molecule has 0 unspecified atom stereocenters. The Morgan fingerprint density at radius 1 is 1.24 bits per heavy atom. The zero-order valence-corrected chi connectivity index (χ0v) is 11.8. The van der Waals surface area contributed by atoms with Gasteiger partial charge in [-0.25, -0.2) is 4.79 Å². The van der Waals surface area contributed by atoms with Crippen LogP contribution in [0.2, 0.25) is 0 Å². The van der Waals surface area contributed by atoms with E-state index in [9.17, 15) is 9.59 Å². The summed E-state index contributed by atoms with van der Waals surface area (Å²) in [6, 6.07) is 10.4. The van der Waals surface area contributed by atoms with Gasteiger partial charge in [0.1, 0.15) is 5.69 Å². The van der Waals surface area contributed by atoms with E-state index in [0.29, 0.717) is 0 Å². The number of pyridine rings is 1. The average Bonchev–Trinajstić information content (AvgIpc) is 2.47. The first kappa shape index (κ1) is 14.7. The molecule has 21 heavy (non-hydrogen) atoms. The van der Waals surface area contributed by atoms with Crippen molar-refractivity contribution < 1.29 is 14.7 Å². The highest BCUT2D eigenvalue weighted by molar-refractivity contribution is 6.03. The maximum Gasteiger partial charge on any atom is 0.338 e. The first-order valence-electron chi connectivity index (χ1n) is 6.55. The number of carboxylic acids is 1. The van der Waals surface area contributed by atoms with Gasteiger partial charge in [0.2, 0.25) is 0 Å². The van der Waals surface area contributed by atoms with Gasteiger partial charge in [-0.05, 0) is 31.5 Å². The van der Waals surface area contributed by atoms with Crippen LogP contribution in [0.4, 0.5) is 0 Å². The predicted molar refractivity (Wildman–Crippen MR) is 78.3 cm³/mol. The molecule has 0 bridgehead atoms. The Hall–Kier alpha value is -2.69. The van der Waals surface area contributed by atoms with Crippen LogP contribution in [0.25, 0.3) is 0 Å². The van der Waals surface area contributed by atoms with Crippen molar-refractivity contribution in [2.45, 2.75) is 19.9 Å². The summed E-state index contributed by atoms with van der Waals surface area (Å²) in [5, 5.41) is 11.9. The monoisotopic (exact) mass is 284 g/mol. The highest BCUT2D eigenvalue weighted by Gasteiger charge is 2.19. The molecule has 0 aliphatic carbocycles. The predicted octanol–water partition coefficient (Wildman–Crippen LogP) is 2.58. The van der Waals surface area contributed by atoms with Gasteiger partial charge in [-0.1, -0.05) is 29.8 Å². The lowest BCUT2D eigenvalue weighted by Gasteiger charge is -2.15. The number of rotatable bonds is 4. The third-order valence-electron chi connectivity index (χ3n) is 3.14. The zero-order chi connectivity index (χ0) is 15.4. The van der Waals surface area contributed by atoms with E-state index in [0.717, 1.165) is 11.1 Å². The van der Waals surface area contributed by atoms with E-state index in [1.807, 2.05) is 38.1 Å². The van der Waals surface area contributed by atoms with Crippen molar-refractivity contribution in [3.63, 3.8) is 0 Å². The molecular formula is C16H16N2O3. The summed E-state index contributed by atoms with van der Waals surface area (Å²) < 4.78 is 0. The number of amides is 1. The zero-order valence-electron chi connectivity index (χ0n) is 11.8. The highest BCUT2D eigenvalue weighted by atomic mass is 16.4. The standard InChI is InChI=1S/C16H16N2O3/c1-10-5-3-6-12(9-10)11(2)18-15(19)14-13(16(20)21)7-4-8-17-14/h3-9,11H,1-2H3,(H,18,19)(H,20,21)/t11-/m0/s1. The molecule has 2 aromatic rings. The van der Waals surface area contributed by atoms with E-state index in [1.165, 1.54) is 18.3 Å². The molecule has 5 nitrogen and oxygen atoms in total. The number of nitrogens with zero attached hydrogens (tertiary/aromatic N) is 1. The lowest BCUT2D eigenvalue weighted by molar-refractivity contribution is 0.0689. The molecule has 5 heteroatoms. The van der Waals surface area contributed by atoms with Crippen LogP contribution in [0, 0.1) is 6.92 Å². The lowest BCUT2D eigenvalue weighted by Crippen LogP contribution is -2.29. The third kappa shape index (κ3) is 3.45. The Morgan fingerprint density at radius 3 is 2.67 bits per heavy atom. The molecule has 1 heterocycles. The lowest BCUT2D eigenvalue weighted by atomic mass is 10.1. The molecular weight excluding hydrogens is 268 g/mol. The van der Waals surface area contributed by atoms with Crippen molar-refractivity contribution in [1.29, 1.82) is 0 Å². The van der Waals surface area contributed by atoms with E-state index >= 15 is 0 Å². The molecule has 0 spiro atoms. The van der Waals surface area contributed by atoms with Crippen LogP contribution in [-0.2, 0) is 0 Å². The fourth-order valence-corrected chi connectivity index (χ4v) is 2.05. The number of hydrogen-bond acceptors (Lipinski definition) is 3. The van der Waals surface area contributed by atoms with E-state index in [4.69, 9.17) is 5.11 Å². The van der Waals surface area contributed by atoms with E-state index in [-0.39, 0.29) is 17.3 Å². The van der Waals surface area contributed by atoms with Crippen molar-refractivity contribution in [2.75, 3.05) is 0 Å². The maximum absolute atomic E-state index is 12.2. The summed E-state index contributed by atoms with van der Waals surface area (Å²) >= 11 is 0. The van der Waals surface area contributed by atoms with Gasteiger partial charge in [0.05, 0.1) is 11.6 Å². The minimum absolute atomic E-state index is 0.0792. The minimum atomic E-state index is -1.17. The number of carboxylic acid groups (broad SMARTS) is 1. The van der Waals surface area contributed by atoms with Crippen LogP contribution >= 0.6 is 0 Å². The molecule has 2 N–H and O–H groups in total. The molecule has 1 aromatic heterocycles. The topological polar surface area (TPSA) is 79.3 Å². The summed E-state index contributed by atoms with van der Waals surface area (Å²) in [5.74, 6) is -1.67. The largest absolute Gasteiger partial charge is 0.478 e. The van der Waals surface area contributed by atoms with Crippen LogP contribution in [0.1, 0.15) is 44.9 Å². The maximum atomic E-state index is 12.2. The Bertz CT molecular complexity index is 683. The van der Waals surface area contributed by atoms with Gasteiger partial charge in [0.15, 0.2) is 0 Å². The number of aromatic nitrogens is 1. The smallest absolute Gasteiger partial charge is 0.338 e. The Kier molecular flexibility index (Phi) is 4.33. The fourth-order valence-electron chi connectivity index (χ4n) is 2.05. The summed E-state index contributed by atoms with van der Waals surface area (Å²) in [5.41, 5.74) is 1.87. The third-order valence-corrected chi connectivity index (χ3v) is 3.14. The number of carbonyl (C=O) groups is 2. The van der Waals surface area contributed by atoms with E-state index < -0.39 is 11.9 Å². The highest BCUT2D eigenvalue weighted by Crippen LogP contribution is 2.15. The second-order valence-corrected chi connectivity index (χ2v) is 4.81. The molecule has 0 saturated heterocycles. The Balaban J connectivity index is 2.20. The summed E-state index contributed by atoms with van der Waals surface area (Å²) in [4.78, 5) is 27.2. The van der Waals surface area contributed by atoms with Gasteiger partial charge in [-0.15, -0.1) is 0 Å². The Labute approximate surface area is 122 Å². The van der Waals surface area contributed by atoms with Crippen LogP contribution in [-0.4, -0.2) is 22.0 Å². The average molecular weight is 284 g/mol. The van der Waals surface area contributed by atoms with Crippen LogP contribution < -0.4 is 5.32 Å². The second-order valence-electron chi connectivity index (χ2n) is 4.81. The Morgan fingerprint density at radius 2 is 2.00 bits per heavy atom. The number of hydrogen-bond donors (Lipinski definition) is 2. The number of aryl methyl sites for hydroxylation is 1. The van der Waals surface area contributed by atoms with Crippen LogP contribution in [0.3, 0.4) is 0 Å². The van der Waals surface area contributed by atoms with Crippen molar-refractivity contribution >= 4 is 11.9 Å². The van der Waals surface area contributed by atoms with Gasteiger partial charge in [0.25, 0.3) is 5.91 Å². The molecule has 0 fully saturated rings. The molecule has 1 atom stereocenters. The normalized spacial score (nSPS) is 11.7. The molecule has 0 aliphatic heterocycles. The van der Waals surface area contributed by atoms with Gasteiger partial charge in [-0.2, -0.15) is 0 Å². The first-order valence-corrected chi connectivity index (χ1v) is 6.55. The molecule has 0 aliphatic rings. The fraction of sp³-hybridized carbons (Fsp3) is 0.188. The number of nitrogens with one attached hydrogen (secondary N) is 1. The van der Waals surface area contributed by atoms with Crippen LogP contribution in [0.15, 0.2) is 42.6 Å². The van der Waals surface area contributed by atoms with Crippen molar-refractivity contribution in [2.24, 2.45) is 0 Å². The number of benzene rings is 1.